The first kappa shape index (κ1) is 13.3. The number of nitrogens with one attached hydrogen (secondary N) is 1. The highest BCUT2D eigenvalue weighted by Gasteiger charge is 2.30. The molecule has 1 heterocycles. The van der Waals surface area contributed by atoms with E-state index in [0.29, 0.717) is 5.02 Å². The molecular weight excluding hydrogens is 255 g/mol. The van der Waals surface area contributed by atoms with E-state index in [4.69, 9.17) is 11.6 Å². The molecule has 1 fully saturated rings. The lowest BCUT2D eigenvalue weighted by atomic mass is 10.1. The predicted octanol–water partition coefficient (Wildman–Crippen LogP) is 2.30. The number of nitrogens with zero attached hydrogens (tertiary/aromatic N) is 1. The number of hydrogen-bond donors (Lipinski definition) is 1. The average molecular weight is 271 g/mol. The lowest BCUT2D eigenvalue weighted by molar-refractivity contribution is 0.0539. The van der Waals surface area contributed by atoms with E-state index in [1.165, 1.54) is 18.2 Å². The van der Waals surface area contributed by atoms with E-state index in [0.717, 1.165) is 13.1 Å². The monoisotopic (exact) mass is 270 g/mol. The Labute approximate surface area is 111 Å². The first-order chi connectivity index (χ1) is 8.50. The fraction of sp³-hybridized carbons (Fsp3) is 0.462. The Kier molecular flexibility index (Phi) is 3.88. The third-order valence-corrected chi connectivity index (χ3v) is 3.46. The van der Waals surface area contributed by atoms with Gasteiger partial charge in [0.2, 0.25) is 0 Å². The van der Waals surface area contributed by atoms with Crippen molar-refractivity contribution in [2.45, 2.75) is 25.9 Å². The van der Waals surface area contributed by atoms with Crippen LogP contribution in [0, 0.1) is 5.82 Å². The molecule has 3 nitrogen and oxygen atoms in total. The van der Waals surface area contributed by atoms with Crippen LogP contribution in [0.2, 0.25) is 5.02 Å². The number of amides is 1. The molecule has 1 aromatic carbocycles. The molecule has 1 aliphatic rings. The van der Waals surface area contributed by atoms with E-state index in [1.807, 2.05) is 13.8 Å². The molecule has 0 saturated carbocycles. The summed E-state index contributed by atoms with van der Waals surface area (Å²) < 4.78 is 13.7. The Balaban J connectivity index is 2.32. The minimum Gasteiger partial charge on any atom is -0.331 e. The highest BCUT2D eigenvalue weighted by Crippen LogP contribution is 2.20. The second-order valence-corrected chi connectivity index (χ2v) is 5.13. The van der Waals surface area contributed by atoms with E-state index in [2.05, 4.69) is 5.32 Å². The average Bonchev–Trinajstić information content (AvgIpc) is 2.32. The van der Waals surface area contributed by atoms with Gasteiger partial charge in [-0.1, -0.05) is 11.6 Å². The van der Waals surface area contributed by atoms with E-state index in [-0.39, 0.29) is 23.6 Å². The lowest BCUT2D eigenvalue weighted by Crippen LogP contribution is -2.57. The molecule has 18 heavy (non-hydrogen) atoms. The van der Waals surface area contributed by atoms with Crippen LogP contribution in [-0.2, 0) is 0 Å². The van der Waals surface area contributed by atoms with Crippen molar-refractivity contribution in [1.82, 2.24) is 10.2 Å². The van der Waals surface area contributed by atoms with Crippen LogP contribution < -0.4 is 5.32 Å². The SMILES string of the molecule is CC1CNCC(C)N1C(=O)c1cc(Cl)ccc1F. The molecule has 0 radical (unpaired) electrons. The van der Waals surface area contributed by atoms with Gasteiger partial charge in [-0.3, -0.25) is 4.79 Å². The van der Waals surface area contributed by atoms with Gasteiger partial charge in [-0.2, -0.15) is 0 Å². The number of hydrogen-bond acceptors (Lipinski definition) is 2. The maximum atomic E-state index is 13.7. The molecule has 0 aliphatic carbocycles. The molecule has 1 amide bonds. The van der Waals surface area contributed by atoms with Crippen LogP contribution in [0.25, 0.3) is 0 Å². The van der Waals surface area contributed by atoms with Crippen LogP contribution in [0.15, 0.2) is 18.2 Å². The lowest BCUT2D eigenvalue weighted by Gasteiger charge is -2.39. The number of carbonyl (C=O) groups excluding carboxylic acids is 1. The van der Waals surface area contributed by atoms with Crippen LogP contribution in [0.3, 0.4) is 0 Å². The summed E-state index contributed by atoms with van der Waals surface area (Å²) in [5.74, 6) is -0.821. The molecule has 1 saturated heterocycles. The minimum atomic E-state index is -0.526. The number of piperazine rings is 1. The van der Waals surface area contributed by atoms with Crippen molar-refractivity contribution >= 4 is 17.5 Å². The second-order valence-electron chi connectivity index (χ2n) is 4.69. The Hall–Kier alpha value is -1.13. The van der Waals surface area contributed by atoms with Crippen molar-refractivity contribution in [3.63, 3.8) is 0 Å². The summed E-state index contributed by atoms with van der Waals surface area (Å²) in [4.78, 5) is 14.1. The maximum absolute atomic E-state index is 13.7. The standard InChI is InChI=1S/C13H16ClFN2O/c1-8-6-16-7-9(2)17(8)13(18)11-5-10(14)3-4-12(11)15/h3-5,8-9,16H,6-7H2,1-2H3. The van der Waals surface area contributed by atoms with Crippen molar-refractivity contribution in [2.75, 3.05) is 13.1 Å². The quantitative estimate of drug-likeness (QED) is 0.849. The van der Waals surface area contributed by atoms with Gasteiger partial charge < -0.3 is 10.2 Å². The van der Waals surface area contributed by atoms with Gasteiger partial charge in [0, 0.05) is 30.2 Å². The van der Waals surface area contributed by atoms with Gasteiger partial charge in [-0.15, -0.1) is 0 Å². The van der Waals surface area contributed by atoms with Crippen molar-refractivity contribution < 1.29 is 9.18 Å². The fourth-order valence-electron chi connectivity index (χ4n) is 2.33. The Bertz CT molecular complexity index is 456. The maximum Gasteiger partial charge on any atom is 0.257 e. The Morgan fingerprint density at radius 1 is 1.39 bits per heavy atom. The highest BCUT2D eigenvalue weighted by atomic mass is 35.5. The van der Waals surface area contributed by atoms with Gasteiger partial charge >= 0.3 is 0 Å². The number of benzene rings is 1. The molecule has 98 valence electrons. The van der Waals surface area contributed by atoms with Crippen LogP contribution in [0.4, 0.5) is 4.39 Å². The predicted molar refractivity (Wildman–Crippen MR) is 69.4 cm³/mol. The van der Waals surface area contributed by atoms with Gasteiger partial charge in [0.05, 0.1) is 5.56 Å². The zero-order valence-corrected chi connectivity index (χ0v) is 11.2. The minimum absolute atomic E-state index is 0.0413. The zero-order valence-electron chi connectivity index (χ0n) is 10.4. The van der Waals surface area contributed by atoms with E-state index in [1.54, 1.807) is 4.90 Å². The number of rotatable bonds is 1. The zero-order chi connectivity index (χ0) is 13.3. The van der Waals surface area contributed by atoms with Crippen LogP contribution in [0.1, 0.15) is 24.2 Å². The summed E-state index contributed by atoms with van der Waals surface area (Å²) in [5.41, 5.74) is 0.0445. The first-order valence-corrected chi connectivity index (χ1v) is 6.37. The Morgan fingerprint density at radius 3 is 2.61 bits per heavy atom. The van der Waals surface area contributed by atoms with Crippen molar-refractivity contribution in [1.29, 1.82) is 0 Å². The summed E-state index contributed by atoms with van der Waals surface area (Å²) in [6.45, 7) is 5.34. The molecule has 2 unspecified atom stereocenters. The van der Waals surface area contributed by atoms with Gasteiger partial charge in [0.1, 0.15) is 5.82 Å². The normalized spacial score (nSPS) is 24.1. The number of halogens is 2. The molecule has 0 spiro atoms. The van der Waals surface area contributed by atoms with Crippen LogP contribution in [-0.4, -0.2) is 36.0 Å². The Morgan fingerprint density at radius 2 is 2.00 bits per heavy atom. The van der Waals surface area contributed by atoms with Crippen molar-refractivity contribution in [2.24, 2.45) is 0 Å². The molecule has 1 N–H and O–H groups in total. The van der Waals surface area contributed by atoms with Gasteiger partial charge in [0.25, 0.3) is 5.91 Å². The number of carbonyl (C=O) groups is 1. The van der Waals surface area contributed by atoms with E-state index < -0.39 is 5.82 Å². The molecule has 0 aromatic heterocycles. The van der Waals surface area contributed by atoms with Crippen molar-refractivity contribution in [3.05, 3.63) is 34.6 Å². The van der Waals surface area contributed by atoms with Crippen molar-refractivity contribution in [3.8, 4) is 0 Å². The van der Waals surface area contributed by atoms with Gasteiger partial charge in [-0.25, -0.2) is 4.39 Å². The summed E-state index contributed by atoms with van der Waals surface area (Å²) >= 11 is 5.82. The molecule has 1 aliphatic heterocycles. The largest absolute Gasteiger partial charge is 0.331 e. The molecule has 0 bridgehead atoms. The first-order valence-electron chi connectivity index (χ1n) is 5.99. The fourth-order valence-corrected chi connectivity index (χ4v) is 2.51. The molecule has 1 aromatic rings. The summed E-state index contributed by atoms with van der Waals surface area (Å²) in [7, 11) is 0. The molecule has 5 heteroatoms. The van der Waals surface area contributed by atoms with Crippen LogP contribution in [0.5, 0.6) is 0 Å². The van der Waals surface area contributed by atoms with E-state index in [9.17, 15) is 9.18 Å². The third kappa shape index (κ3) is 2.49. The summed E-state index contributed by atoms with van der Waals surface area (Å²) in [5, 5.41) is 3.60. The van der Waals surface area contributed by atoms with Gasteiger partial charge in [-0.05, 0) is 32.0 Å². The summed E-state index contributed by atoms with van der Waals surface area (Å²) in [6, 6.07) is 4.14. The molecule has 2 rings (SSSR count). The van der Waals surface area contributed by atoms with Crippen LogP contribution >= 0.6 is 11.6 Å². The molecular formula is C13H16ClFN2O. The topological polar surface area (TPSA) is 32.3 Å². The summed E-state index contributed by atoms with van der Waals surface area (Å²) in [6.07, 6.45) is 0. The molecule has 2 atom stereocenters. The highest BCUT2D eigenvalue weighted by molar-refractivity contribution is 6.31. The second kappa shape index (κ2) is 5.24. The van der Waals surface area contributed by atoms with E-state index >= 15 is 0 Å². The third-order valence-electron chi connectivity index (χ3n) is 3.22. The smallest absolute Gasteiger partial charge is 0.257 e. The van der Waals surface area contributed by atoms with Gasteiger partial charge in [0.15, 0.2) is 0 Å².